The molecule has 0 bridgehead atoms. The number of carbonyl (C=O) groups is 2. The monoisotopic (exact) mass is 229 g/mol. The third kappa shape index (κ3) is 2.46. The zero-order chi connectivity index (χ0) is 12.1. The van der Waals surface area contributed by atoms with Gasteiger partial charge in [0.2, 0.25) is 0 Å². The van der Waals surface area contributed by atoms with E-state index in [9.17, 15) is 9.59 Å². The smallest absolute Gasteiger partial charge is 0.410 e. The first-order chi connectivity index (χ1) is 7.65. The minimum Gasteiger partial charge on any atom is -0.467 e. The van der Waals surface area contributed by atoms with Crippen LogP contribution in [0, 0.1) is 0 Å². The van der Waals surface area contributed by atoms with Gasteiger partial charge < -0.3 is 9.47 Å². The maximum Gasteiger partial charge on any atom is 0.410 e. The normalized spacial score (nSPS) is 24.3. The van der Waals surface area contributed by atoms with Crippen LogP contribution in [0.1, 0.15) is 32.6 Å². The van der Waals surface area contributed by atoms with Crippen LogP contribution in [0.4, 0.5) is 4.79 Å². The van der Waals surface area contributed by atoms with Gasteiger partial charge in [0.25, 0.3) is 0 Å². The molecule has 0 aromatic rings. The van der Waals surface area contributed by atoms with Crippen LogP contribution in [0.25, 0.3) is 0 Å². The van der Waals surface area contributed by atoms with E-state index in [-0.39, 0.29) is 12.0 Å². The number of nitrogens with zero attached hydrogens (tertiary/aromatic N) is 1. The highest BCUT2D eigenvalue weighted by Crippen LogP contribution is 2.28. The molecule has 16 heavy (non-hydrogen) atoms. The molecule has 1 saturated heterocycles. The first kappa shape index (κ1) is 12.8. The van der Waals surface area contributed by atoms with E-state index in [0.29, 0.717) is 6.42 Å². The summed E-state index contributed by atoms with van der Waals surface area (Å²) >= 11 is 0. The molecule has 92 valence electrons. The summed E-state index contributed by atoms with van der Waals surface area (Å²) in [5, 5.41) is 0. The Balaban J connectivity index is 2.79. The highest BCUT2D eigenvalue weighted by atomic mass is 16.5. The SMILES string of the molecule is CCC[C@H]1CC[C@@H](C(=O)OC)N1C(=O)OC. The van der Waals surface area contributed by atoms with E-state index < -0.39 is 12.1 Å². The van der Waals surface area contributed by atoms with Crippen molar-refractivity contribution < 1.29 is 19.1 Å². The molecule has 0 N–H and O–H groups in total. The molecule has 0 saturated carbocycles. The fraction of sp³-hybridized carbons (Fsp3) is 0.818. The Hall–Kier alpha value is -1.26. The topological polar surface area (TPSA) is 55.8 Å². The van der Waals surface area contributed by atoms with E-state index in [0.717, 1.165) is 19.3 Å². The lowest BCUT2D eigenvalue weighted by Crippen LogP contribution is -2.45. The van der Waals surface area contributed by atoms with Crippen molar-refractivity contribution in [3.05, 3.63) is 0 Å². The molecule has 1 fully saturated rings. The van der Waals surface area contributed by atoms with Crippen molar-refractivity contribution in [2.75, 3.05) is 14.2 Å². The van der Waals surface area contributed by atoms with E-state index in [1.807, 2.05) is 0 Å². The molecule has 1 amide bonds. The lowest BCUT2D eigenvalue weighted by Gasteiger charge is -2.27. The Morgan fingerprint density at radius 2 is 1.94 bits per heavy atom. The molecular weight excluding hydrogens is 210 g/mol. The number of hydrogen-bond acceptors (Lipinski definition) is 4. The standard InChI is InChI=1S/C11H19NO4/c1-4-5-8-6-7-9(10(13)15-2)12(8)11(14)16-3/h8-9H,4-7H2,1-3H3/t8-,9-/m0/s1. The second-order valence-corrected chi connectivity index (χ2v) is 3.94. The van der Waals surface area contributed by atoms with Crippen molar-refractivity contribution in [2.45, 2.75) is 44.7 Å². The summed E-state index contributed by atoms with van der Waals surface area (Å²) in [6, 6.07) is -0.379. The average Bonchev–Trinajstić information content (AvgIpc) is 2.71. The first-order valence-electron chi connectivity index (χ1n) is 5.59. The van der Waals surface area contributed by atoms with E-state index in [1.165, 1.54) is 19.1 Å². The molecule has 0 unspecified atom stereocenters. The lowest BCUT2D eigenvalue weighted by atomic mass is 10.1. The van der Waals surface area contributed by atoms with Gasteiger partial charge in [0.15, 0.2) is 0 Å². The highest BCUT2D eigenvalue weighted by Gasteiger charge is 2.41. The van der Waals surface area contributed by atoms with Crippen LogP contribution in [0.15, 0.2) is 0 Å². The maximum absolute atomic E-state index is 11.6. The summed E-state index contributed by atoms with van der Waals surface area (Å²) in [5.74, 6) is -0.357. The average molecular weight is 229 g/mol. The predicted molar refractivity (Wildman–Crippen MR) is 58.0 cm³/mol. The summed E-state index contributed by atoms with van der Waals surface area (Å²) in [4.78, 5) is 24.7. The first-order valence-corrected chi connectivity index (χ1v) is 5.59. The quantitative estimate of drug-likeness (QED) is 0.689. The molecule has 1 aliphatic heterocycles. The van der Waals surface area contributed by atoms with E-state index in [2.05, 4.69) is 6.92 Å². The summed E-state index contributed by atoms with van der Waals surface area (Å²) in [6.07, 6.45) is 2.93. The number of amides is 1. The minimum absolute atomic E-state index is 0.0987. The van der Waals surface area contributed by atoms with Crippen LogP contribution >= 0.6 is 0 Å². The van der Waals surface area contributed by atoms with Crippen LogP contribution in [-0.2, 0) is 14.3 Å². The van der Waals surface area contributed by atoms with E-state index in [1.54, 1.807) is 0 Å². The number of hydrogen-bond donors (Lipinski definition) is 0. The van der Waals surface area contributed by atoms with Gasteiger partial charge in [-0.3, -0.25) is 4.90 Å². The third-order valence-electron chi connectivity index (χ3n) is 2.98. The third-order valence-corrected chi connectivity index (χ3v) is 2.98. The van der Waals surface area contributed by atoms with Crippen LogP contribution in [-0.4, -0.2) is 43.3 Å². The van der Waals surface area contributed by atoms with Crippen molar-refractivity contribution in [1.82, 2.24) is 4.90 Å². The number of methoxy groups -OCH3 is 2. The lowest BCUT2D eigenvalue weighted by molar-refractivity contribution is -0.145. The van der Waals surface area contributed by atoms with Gasteiger partial charge in [0.1, 0.15) is 6.04 Å². The number of rotatable bonds is 3. The fourth-order valence-corrected chi connectivity index (χ4v) is 2.25. The van der Waals surface area contributed by atoms with Crippen molar-refractivity contribution >= 4 is 12.1 Å². The van der Waals surface area contributed by atoms with Crippen LogP contribution in [0.2, 0.25) is 0 Å². The van der Waals surface area contributed by atoms with Gasteiger partial charge in [-0.1, -0.05) is 13.3 Å². The van der Waals surface area contributed by atoms with Crippen molar-refractivity contribution in [2.24, 2.45) is 0 Å². The fourth-order valence-electron chi connectivity index (χ4n) is 2.25. The van der Waals surface area contributed by atoms with Gasteiger partial charge in [-0.05, 0) is 19.3 Å². The molecule has 5 heteroatoms. The molecule has 0 radical (unpaired) electrons. The Bertz CT molecular complexity index is 267. The Kier molecular flexibility index (Phi) is 4.58. The summed E-state index contributed by atoms with van der Waals surface area (Å²) in [5.41, 5.74) is 0. The number of carbonyl (C=O) groups excluding carboxylic acids is 2. The molecule has 0 aromatic heterocycles. The molecule has 1 heterocycles. The number of likely N-dealkylation sites (tertiary alicyclic amines) is 1. The van der Waals surface area contributed by atoms with E-state index >= 15 is 0 Å². The Morgan fingerprint density at radius 1 is 1.25 bits per heavy atom. The van der Waals surface area contributed by atoms with Gasteiger partial charge in [-0.2, -0.15) is 0 Å². The Labute approximate surface area is 95.7 Å². The summed E-state index contributed by atoms with van der Waals surface area (Å²) in [6.45, 7) is 2.06. The van der Waals surface area contributed by atoms with Crippen molar-refractivity contribution in [3.63, 3.8) is 0 Å². The second-order valence-electron chi connectivity index (χ2n) is 3.94. The molecule has 1 aliphatic rings. The summed E-state index contributed by atoms with van der Waals surface area (Å²) < 4.78 is 9.41. The Morgan fingerprint density at radius 3 is 2.44 bits per heavy atom. The number of esters is 1. The van der Waals surface area contributed by atoms with E-state index in [4.69, 9.17) is 9.47 Å². The molecular formula is C11H19NO4. The molecule has 0 aliphatic carbocycles. The predicted octanol–water partition coefficient (Wildman–Crippen LogP) is 1.56. The molecule has 2 atom stereocenters. The van der Waals surface area contributed by atoms with Gasteiger partial charge in [-0.15, -0.1) is 0 Å². The molecule has 0 spiro atoms. The maximum atomic E-state index is 11.6. The van der Waals surface area contributed by atoms with Crippen LogP contribution < -0.4 is 0 Å². The van der Waals surface area contributed by atoms with Crippen LogP contribution in [0.3, 0.4) is 0 Å². The zero-order valence-corrected chi connectivity index (χ0v) is 10.1. The second kappa shape index (κ2) is 5.72. The zero-order valence-electron chi connectivity index (χ0n) is 10.1. The molecule has 0 aromatic carbocycles. The van der Waals surface area contributed by atoms with Gasteiger partial charge in [-0.25, -0.2) is 9.59 Å². The van der Waals surface area contributed by atoms with Crippen molar-refractivity contribution in [1.29, 1.82) is 0 Å². The van der Waals surface area contributed by atoms with Crippen molar-refractivity contribution in [3.8, 4) is 0 Å². The van der Waals surface area contributed by atoms with Gasteiger partial charge >= 0.3 is 12.1 Å². The highest BCUT2D eigenvalue weighted by molar-refractivity contribution is 5.82. The minimum atomic E-state index is -0.478. The molecule has 1 rings (SSSR count). The largest absolute Gasteiger partial charge is 0.467 e. The number of ether oxygens (including phenoxy) is 2. The van der Waals surface area contributed by atoms with Gasteiger partial charge in [0, 0.05) is 6.04 Å². The summed E-state index contributed by atoms with van der Waals surface area (Å²) in [7, 11) is 2.67. The van der Waals surface area contributed by atoms with Crippen LogP contribution in [0.5, 0.6) is 0 Å². The molecule has 5 nitrogen and oxygen atoms in total. The van der Waals surface area contributed by atoms with Gasteiger partial charge in [0.05, 0.1) is 14.2 Å².